The van der Waals surface area contributed by atoms with Crippen molar-refractivity contribution in [3.05, 3.63) is 86.6 Å². The fourth-order valence-electron chi connectivity index (χ4n) is 3.60. The van der Waals surface area contributed by atoms with Gasteiger partial charge in [0, 0.05) is 6.54 Å². The minimum atomic E-state index is -0.790. The molecular weight excluding hydrogens is 464 g/mol. The Morgan fingerprint density at radius 3 is 2.44 bits per heavy atom. The Balaban J connectivity index is 1.69. The zero-order valence-corrected chi connectivity index (χ0v) is 20.4. The van der Waals surface area contributed by atoms with Crippen molar-refractivity contribution >= 4 is 23.4 Å². The molecule has 3 N–H and O–H groups in total. The van der Waals surface area contributed by atoms with Crippen LogP contribution in [0.5, 0.6) is 5.75 Å². The standard InChI is InChI=1S/C26H30N4O6/c1-3-14-29(21(31)17-36-22(32)13-15-35-20-12-8-7-9-18(20)2)23-24(27)30(26(34)28-25(23)33)16-19-10-5-4-6-11-19/h4-12H,3,13-17,27H2,1-2H3,(H,28,33,34). The Bertz CT molecular complexity index is 1320. The number of anilines is 2. The molecule has 36 heavy (non-hydrogen) atoms. The summed E-state index contributed by atoms with van der Waals surface area (Å²) in [5.74, 6) is -0.736. The number of carbonyl (C=O) groups is 2. The molecule has 1 heterocycles. The van der Waals surface area contributed by atoms with E-state index in [0.717, 1.165) is 16.0 Å². The predicted octanol–water partition coefficient (Wildman–Crippen LogP) is 2.23. The van der Waals surface area contributed by atoms with Gasteiger partial charge in [0.25, 0.3) is 11.5 Å². The second kappa shape index (κ2) is 12.4. The molecular formula is C26H30N4O6. The molecule has 0 aliphatic rings. The van der Waals surface area contributed by atoms with E-state index < -0.39 is 29.7 Å². The van der Waals surface area contributed by atoms with Crippen molar-refractivity contribution in [3.8, 4) is 5.75 Å². The predicted molar refractivity (Wildman–Crippen MR) is 136 cm³/mol. The van der Waals surface area contributed by atoms with Gasteiger partial charge in [0.1, 0.15) is 11.6 Å². The van der Waals surface area contributed by atoms with Crippen LogP contribution < -0.4 is 26.6 Å². The Morgan fingerprint density at radius 2 is 1.75 bits per heavy atom. The van der Waals surface area contributed by atoms with Crippen LogP contribution in [0.15, 0.2) is 64.2 Å². The van der Waals surface area contributed by atoms with Crippen LogP contribution in [0.1, 0.15) is 30.9 Å². The number of nitrogens with one attached hydrogen (secondary N) is 1. The van der Waals surface area contributed by atoms with E-state index in [-0.39, 0.29) is 37.6 Å². The number of ether oxygens (including phenoxy) is 2. The van der Waals surface area contributed by atoms with Crippen molar-refractivity contribution in [2.45, 2.75) is 33.2 Å². The van der Waals surface area contributed by atoms with E-state index in [0.29, 0.717) is 12.2 Å². The third-order valence-electron chi connectivity index (χ3n) is 5.43. The fourth-order valence-corrected chi connectivity index (χ4v) is 3.60. The lowest BCUT2D eigenvalue weighted by molar-refractivity contribution is -0.148. The number of rotatable bonds is 11. The van der Waals surface area contributed by atoms with E-state index in [2.05, 4.69) is 4.98 Å². The van der Waals surface area contributed by atoms with E-state index in [9.17, 15) is 19.2 Å². The number of nitrogen functional groups attached to an aromatic ring is 1. The summed E-state index contributed by atoms with van der Waals surface area (Å²) in [5.41, 5.74) is 6.31. The third-order valence-corrected chi connectivity index (χ3v) is 5.43. The molecule has 0 aliphatic heterocycles. The maximum Gasteiger partial charge on any atom is 0.330 e. The van der Waals surface area contributed by atoms with Gasteiger partial charge in [-0.05, 0) is 30.5 Å². The van der Waals surface area contributed by atoms with Gasteiger partial charge in [0.15, 0.2) is 12.3 Å². The van der Waals surface area contributed by atoms with E-state index in [1.807, 2.05) is 62.4 Å². The van der Waals surface area contributed by atoms with Gasteiger partial charge in [0.05, 0.1) is 19.6 Å². The van der Waals surface area contributed by atoms with Crippen LogP contribution in [-0.4, -0.2) is 41.2 Å². The lowest BCUT2D eigenvalue weighted by Crippen LogP contribution is -2.43. The summed E-state index contributed by atoms with van der Waals surface area (Å²) in [6, 6.07) is 16.5. The minimum absolute atomic E-state index is 0.0555. The Hall–Kier alpha value is -4.34. The molecule has 0 aliphatic carbocycles. The van der Waals surface area contributed by atoms with Gasteiger partial charge in [0.2, 0.25) is 0 Å². The highest BCUT2D eigenvalue weighted by atomic mass is 16.5. The summed E-state index contributed by atoms with van der Waals surface area (Å²) in [6.07, 6.45) is 0.445. The van der Waals surface area contributed by atoms with Gasteiger partial charge in [-0.25, -0.2) is 4.79 Å². The third kappa shape index (κ3) is 6.62. The van der Waals surface area contributed by atoms with Gasteiger partial charge in [-0.2, -0.15) is 0 Å². The van der Waals surface area contributed by atoms with E-state index in [1.54, 1.807) is 6.07 Å². The average molecular weight is 495 g/mol. The van der Waals surface area contributed by atoms with Crippen LogP contribution in [0.4, 0.5) is 11.5 Å². The van der Waals surface area contributed by atoms with Crippen LogP contribution in [0.2, 0.25) is 0 Å². The first kappa shape index (κ1) is 26.3. The molecule has 3 aromatic rings. The topological polar surface area (TPSA) is 137 Å². The Kier molecular flexibility index (Phi) is 9.04. The van der Waals surface area contributed by atoms with Crippen LogP contribution in [0.25, 0.3) is 0 Å². The highest BCUT2D eigenvalue weighted by Gasteiger charge is 2.24. The molecule has 2 aromatic carbocycles. The van der Waals surface area contributed by atoms with Crippen molar-refractivity contribution in [2.75, 3.05) is 30.4 Å². The zero-order valence-electron chi connectivity index (χ0n) is 20.4. The summed E-state index contributed by atoms with van der Waals surface area (Å²) in [7, 11) is 0. The number of hydrogen-bond acceptors (Lipinski definition) is 7. The van der Waals surface area contributed by atoms with Gasteiger partial charge in [-0.1, -0.05) is 55.5 Å². The molecule has 0 saturated heterocycles. The summed E-state index contributed by atoms with van der Waals surface area (Å²) in [4.78, 5) is 53.6. The molecule has 0 spiro atoms. The second-order valence-corrected chi connectivity index (χ2v) is 8.13. The quantitative estimate of drug-likeness (QED) is 0.390. The summed E-state index contributed by atoms with van der Waals surface area (Å²) < 4.78 is 11.9. The average Bonchev–Trinajstić information content (AvgIpc) is 2.86. The van der Waals surface area contributed by atoms with Crippen LogP contribution in [-0.2, 0) is 20.9 Å². The highest BCUT2D eigenvalue weighted by Crippen LogP contribution is 2.19. The fraction of sp³-hybridized carbons (Fsp3) is 0.308. The number of esters is 1. The number of benzene rings is 2. The SMILES string of the molecule is CCCN(C(=O)COC(=O)CCOc1ccccc1C)c1c(N)n(Cc2ccccc2)c(=O)[nH]c1=O. The van der Waals surface area contributed by atoms with Crippen LogP contribution in [0, 0.1) is 6.92 Å². The van der Waals surface area contributed by atoms with Gasteiger partial charge >= 0.3 is 11.7 Å². The number of aryl methyl sites for hydroxylation is 1. The van der Waals surface area contributed by atoms with Crippen molar-refractivity contribution in [1.29, 1.82) is 0 Å². The first-order valence-electron chi connectivity index (χ1n) is 11.6. The smallest absolute Gasteiger partial charge is 0.330 e. The molecule has 1 amide bonds. The molecule has 0 saturated carbocycles. The lowest BCUT2D eigenvalue weighted by Gasteiger charge is -2.24. The second-order valence-electron chi connectivity index (χ2n) is 8.13. The number of nitrogens with two attached hydrogens (primary N) is 1. The number of H-pyrrole nitrogens is 1. The monoisotopic (exact) mass is 494 g/mol. The lowest BCUT2D eigenvalue weighted by atomic mass is 10.2. The molecule has 0 unspecified atom stereocenters. The number of nitrogens with zero attached hydrogens (tertiary/aromatic N) is 2. The number of para-hydroxylation sites is 1. The molecule has 190 valence electrons. The first-order chi connectivity index (χ1) is 17.3. The first-order valence-corrected chi connectivity index (χ1v) is 11.6. The summed E-state index contributed by atoms with van der Waals surface area (Å²) >= 11 is 0. The molecule has 10 nitrogen and oxygen atoms in total. The maximum atomic E-state index is 13.0. The van der Waals surface area contributed by atoms with Crippen molar-refractivity contribution in [3.63, 3.8) is 0 Å². The van der Waals surface area contributed by atoms with Crippen molar-refractivity contribution in [1.82, 2.24) is 9.55 Å². The van der Waals surface area contributed by atoms with E-state index >= 15 is 0 Å². The number of aromatic nitrogens is 2. The molecule has 0 bridgehead atoms. The van der Waals surface area contributed by atoms with Gasteiger partial charge in [-0.15, -0.1) is 0 Å². The Morgan fingerprint density at radius 1 is 1.06 bits per heavy atom. The van der Waals surface area contributed by atoms with E-state index in [1.165, 1.54) is 4.57 Å². The molecule has 10 heteroatoms. The van der Waals surface area contributed by atoms with Gasteiger partial charge in [-0.3, -0.25) is 23.9 Å². The van der Waals surface area contributed by atoms with Gasteiger partial charge < -0.3 is 20.1 Å². The number of hydrogen-bond donors (Lipinski definition) is 2. The highest BCUT2D eigenvalue weighted by molar-refractivity contribution is 5.97. The van der Waals surface area contributed by atoms with Crippen molar-refractivity contribution < 1.29 is 19.1 Å². The molecule has 3 rings (SSSR count). The van der Waals surface area contributed by atoms with Crippen LogP contribution >= 0.6 is 0 Å². The number of amides is 1. The molecule has 0 atom stereocenters. The largest absolute Gasteiger partial charge is 0.493 e. The normalized spacial score (nSPS) is 10.6. The molecule has 0 radical (unpaired) electrons. The van der Waals surface area contributed by atoms with Crippen LogP contribution in [0.3, 0.4) is 0 Å². The zero-order chi connectivity index (χ0) is 26.1. The minimum Gasteiger partial charge on any atom is -0.493 e. The number of carbonyl (C=O) groups excluding carboxylic acids is 2. The number of aromatic amines is 1. The van der Waals surface area contributed by atoms with E-state index in [4.69, 9.17) is 15.2 Å². The van der Waals surface area contributed by atoms with Crippen molar-refractivity contribution in [2.24, 2.45) is 0 Å². The summed E-state index contributed by atoms with van der Waals surface area (Å²) in [5, 5.41) is 0. The molecule has 1 aromatic heterocycles. The Labute approximate surface area is 208 Å². The summed E-state index contributed by atoms with van der Waals surface area (Å²) in [6.45, 7) is 3.47. The molecule has 0 fully saturated rings. The maximum absolute atomic E-state index is 13.0.